The molecule has 0 spiro atoms. The highest BCUT2D eigenvalue weighted by atomic mass is 32.1. The predicted molar refractivity (Wildman–Crippen MR) is 144 cm³/mol. The van der Waals surface area contributed by atoms with E-state index in [1.54, 1.807) is 22.7 Å². The van der Waals surface area contributed by atoms with Crippen LogP contribution in [0.3, 0.4) is 0 Å². The molecule has 162 valence electrons. The number of thiazole rings is 2. The minimum absolute atomic E-state index is 0.526. The molecule has 0 saturated heterocycles. The Hall–Kier alpha value is -3.66. The molecule has 0 N–H and O–H groups in total. The van der Waals surface area contributed by atoms with Crippen LogP contribution in [0.1, 0.15) is 21.1 Å². The number of benzene rings is 1. The van der Waals surface area contributed by atoms with Crippen molar-refractivity contribution in [3.05, 3.63) is 91.2 Å². The average Bonchev–Trinajstić information content (AvgIpc) is 3.68. The Bertz CT molecular complexity index is 1430. The number of allylic oxidation sites excluding steroid dienone is 2. The van der Waals surface area contributed by atoms with Crippen LogP contribution in [0.2, 0.25) is 0 Å². The molecular weight excluding hydrogens is 497 g/mol. The van der Waals surface area contributed by atoms with Crippen molar-refractivity contribution < 1.29 is 0 Å². The molecule has 5 rings (SSSR count). The van der Waals surface area contributed by atoms with Gasteiger partial charge in [0.05, 0.1) is 32.3 Å². The van der Waals surface area contributed by atoms with Crippen LogP contribution in [0.5, 0.6) is 0 Å². The summed E-state index contributed by atoms with van der Waals surface area (Å²) >= 11 is 6.19. The van der Waals surface area contributed by atoms with E-state index >= 15 is 0 Å². The maximum absolute atomic E-state index is 9.68. The van der Waals surface area contributed by atoms with Gasteiger partial charge in [0.15, 0.2) is 0 Å². The predicted octanol–water partition coefficient (Wildman–Crippen LogP) is 8.18. The standard InChI is InChI=1S/C26H14N4S4/c27-13-19(25-29-21(15-33-25)23-3-1-9-31-23)11-17-5-7-18(8-6-17)12-20(14-28)26-30-22(16-34-26)24-4-2-10-32-24/h1-12,15-16H. The lowest BCUT2D eigenvalue weighted by Gasteiger charge is -1.99. The van der Waals surface area contributed by atoms with Crippen LogP contribution in [-0.2, 0) is 0 Å². The molecule has 4 nitrogen and oxygen atoms in total. The van der Waals surface area contributed by atoms with Gasteiger partial charge in [-0.15, -0.1) is 45.3 Å². The molecule has 0 unspecified atom stereocenters. The summed E-state index contributed by atoms with van der Waals surface area (Å²) in [5.74, 6) is 0. The Morgan fingerprint density at radius 2 is 1.09 bits per heavy atom. The first kappa shape index (κ1) is 22.1. The average molecular weight is 511 g/mol. The Morgan fingerprint density at radius 1 is 0.647 bits per heavy atom. The lowest BCUT2D eigenvalue weighted by molar-refractivity contribution is 1.38. The van der Waals surface area contributed by atoms with E-state index in [0.29, 0.717) is 21.2 Å². The van der Waals surface area contributed by atoms with Crippen LogP contribution in [0.4, 0.5) is 0 Å². The quantitative estimate of drug-likeness (QED) is 0.216. The Labute approximate surface area is 212 Å². The minimum atomic E-state index is 0.526. The second-order valence-electron chi connectivity index (χ2n) is 7.04. The smallest absolute Gasteiger partial charge is 0.134 e. The Balaban J connectivity index is 1.36. The fourth-order valence-electron chi connectivity index (χ4n) is 3.18. The molecule has 0 aliphatic heterocycles. The van der Waals surface area contributed by atoms with Crippen molar-refractivity contribution in [2.45, 2.75) is 0 Å². The molecule has 0 fully saturated rings. The first-order chi connectivity index (χ1) is 16.7. The first-order valence-corrected chi connectivity index (χ1v) is 13.6. The third-order valence-corrected chi connectivity index (χ3v) is 8.35. The van der Waals surface area contributed by atoms with Crippen LogP contribution in [0.25, 0.3) is 44.4 Å². The molecule has 0 aliphatic rings. The molecule has 0 atom stereocenters. The number of hydrogen-bond donors (Lipinski definition) is 0. The van der Waals surface area contributed by atoms with Gasteiger partial charge >= 0.3 is 0 Å². The first-order valence-electron chi connectivity index (χ1n) is 10.1. The topological polar surface area (TPSA) is 73.4 Å². The summed E-state index contributed by atoms with van der Waals surface area (Å²) in [6.07, 6.45) is 3.67. The number of hydrogen-bond acceptors (Lipinski definition) is 8. The molecule has 34 heavy (non-hydrogen) atoms. The summed E-state index contributed by atoms with van der Waals surface area (Å²) < 4.78 is 0. The van der Waals surface area contributed by atoms with Gasteiger partial charge in [0.25, 0.3) is 0 Å². The van der Waals surface area contributed by atoms with E-state index in [4.69, 9.17) is 0 Å². The molecule has 0 aliphatic carbocycles. The molecule has 5 aromatic rings. The third-order valence-electron chi connectivity index (χ3n) is 4.82. The van der Waals surface area contributed by atoms with Crippen molar-refractivity contribution in [1.82, 2.24) is 9.97 Å². The molecule has 4 heterocycles. The highest BCUT2D eigenvalue weighted by Crippen LogP contribution is 2.31. The van der Waals surface area contributed by atoms with Gasteiger partial charge in [-0.05, 0) is 46.2 Å². The van der Waals surface area contributed by atoms with Crippen molar-refractivity contribution in [2.75, 3.05) is 0 Å². The number of nitrogens with zero attached hydrogens (tertiary/aromatic N) is 4. The zero-order valence-corrected chi connectivity index (χ0v) is 20.8. The van der Waals surface area contributed by atoms with Gasteiger partial charge in [0, 0.05) is 10.8 Å². The molecule has 0 bridgehead atoms. The van der Waals surface area contributed by atoms with Crippen LogP contribution in [0, 0.1) is 22.7 Å². The number of thiophene rings is 2. The Morgan fingerprint density at radius 3 is 1.44 bits per heavy atom. The van der Waals surface area contributed by atoms with Gasteiger partial charge in [-0.1, -0.05) is 36.4 Å². The van der Waals surface area contributed by atoms with E-state index in [2.05, 4.69) is 22.1 Å². The largest absolute Gasteiger partial charge is 0.234 e. The molecule has 0 radical (unpaired) electrons. The van der Waals surface area contributed by atoms with Gasteiger partial charge < -0.3 is 0 Å². The van der Waals surface area contributed by atoms with E-state index in [-0.39, 0.29) is 0 Å². The molecular formula is C26H14N4S4. The second kappa shape index (κ2) is 10.1. The van der Waals surface area contributed by atoms with Crippen molar-refractivity contribution in [1.29, 1.82) is 10.5 Å². The van der Waals surface area contributed by atoms with Crippen LogP contribution >= 0.6 is 45.3 Å². The number of nitriles is 2. The zero-order chi connectivity index (χ0) is 23.3. The SMILES string of the molecule is N#CC(=Cc1ccc(C=C(C#N)c2nc(-c3cccs3)cs2)cc1)c1nc(-c2cccs2)cs1. The van der Waals surface area contributed by atoms with Crippen LogP contribution in [-0.4, -0.2) is 9.97 Å². The van der Waals surface area contributed by atoms with Crippen LogP contribution < -0.4 is 0 Å². The van der Waals surface area contributed by atoms with Crippen molar-refractivity contribution in [2.24, 2.45) is 0 Å². The normalized spacial score (nSPS) is 11.8. The highest BCUT2D eigenvalue weighted by Gasteiger charge is 2.11. The molecule has 8 heteroatoms. The molecule has 1 aromatic carbocycles. The van der Waals surface area contributed by atoms with Crippen molar-refractivity contribution in [3.8, 4) is 33.3 Å². The summed E-state index contributed by atoms with van der Waals surface area (Å²) in [6, 6.07) is 20.3. The maximum Gasteiger partial charge on any atom is 0.134 e. The van der Waals surface area contributed by atoms with E-state index in [1.807, 2.05) is 82.2 Å². The lowest BCUT2D eigenvalue weighted by Crippen LogP contribution is -1.84. The fourth-order valence-corrected chi connectivity index (χ4v) is 6.27. The van der Waals surface area contributed by atoms with E-state index in [0.717, 1.165) is 32.3 Å². The van der Waals surface area contributed by atoms with Gasteiger partial charge in [-0.25, -0.2) is 9.97 Å². The lowest BCUT2D eigenvalue weighted by atomic mass is 10.1. The van der Waals surface area contributed by atoms with Gasteiger partial charge in [-0.3, -0.25) is 0 Å². The third kappa shape index (κ3) is 4.81. The monoisotopic (exact) mass is 510 g/mol. The summed E-state index contributed by atoms with van der Waals surface area (Å²) in [7, 11) is 0. The molecule has 0 saturated carbocycles. The summed E-state index contributed by atoms with van der Waals surface area (Å²) in [5.41, 5.74) is 4.63. The summed E-state index contributed by atoms with van der Waals surface area (Å²) in [4.78, 5) is 11.4. The number of aromatic nitrogens is 2. The minimum Gasteiger partial charge on any atom is -0.234 e. The van der Waals surface area contributed by atoms with Gasteiger partial charge in [0.2, 0.25) is 0 Å². The Kier molecular flexibility index (Phi) is 6.57. The maximum atomic E-state index is 9.68. The van der Waals surface area contributed by atoms with E-state index < -0.39 is 0 Å². The van der Waals surface area contributed by atoms with Crippen molar-refractivity contribution in [3.63, 3.8) is 0 Å². The van der Waals surface area contributed by atoms with Gasteiger partial charge in [0.1, 0.15) is 22.2 Å². The summed E-state index contributed by atoms with van der Waals surface area (Å²) in [5, 5.41) is 28.8. The number of rotatable bonds is 6. The summed E-state index contributed by atoms with van der Waals surface area (Å²) in [6.45, 7) is 0. The highest BCUT2D eigenvalue weighted by molar-refractivity contribution is 7.15. The molecule has 4 aromatic heterocycles. The fraction of sp³-hybridized carbons (Fsp3) is 0. The zero-order valence-electron chi connectivity index (χ0n) is 17.5. The van der Waals surface area contributed by atoms with Crippen molar-refractivity contribution >= 4 is 68.6 Å². The van der Waals surface area contributed by atoms with E-state index in [9.17, 15) is 10.5 Å². The molecule has 0 amide bonds. The van der Waals surface area contributed by atoms with Crippen LogP contribution in [0.15, 0.2) is 70.1 Å². The second-order valence-corrected chi connectivity index (χ2v) is 10.6. The van der Waals surface area contributed by atoms with Gasteiger partial charge in [-0.2, -0.15) is 10.5 Å². The van der Waals surface area contributed by atoms with E-state index in [1.165, 1.54) is 22.7 Å².